The molecule has 3 heteroatoms. The van der Waals surface area contributed by atoms with Gasteiger partial charge in [-0.2, -0.15) is 0 Å². The number of hydrogen-bond acceptors (Lipinski definition) is 3. The summed E-state index contributed by atoms with van der Waals surface area (Å²) < 4.78 is 5.95. The molecular weight excluding hydrogens is 320 g/mol. The van der Waals surface area contributed by atoms with Gasteiger partial charge in [-0.25, -0.2) is 0 Å². The van der Waals surface area contributed by atoms with E-state index in [4.69, 9.17) is 16.2 Å². The van der Waals surface area contributed by atoms with Gasteiger partial charge in [-0.3, -0.25) is 0 Å². The summed E-state index contributed by atoms with van der Waals surface area (Å²) in [6, 6.07) is 24.4. The molecule has 0 aliphatic rings. The van der Waals surface area contributed by atoms with Crippen LogP contribution in [0.2, 0.25) is 0 Å². The largest absolute Gasteiger partial charge is 0.488 e. The van der Waals surface area contributed by atoms with Crippen molar-refractivity contribution in [3.05, 3.63) is 89.5 Å². The van der Waals surface area contributed by atoms with Gasteiger partial charge in [0.25, 0.3) is 0 Å². The second-order valence-electron chi connectivity index (χ2n) is 7.55. The molecule has 0 heterocycles. The fraction of sp³-hybridized carbons (Fsp3) is 0.217. The number of ether oxygens (including phenoxy) is 1. The molecule has 0 saturated heterocycles. The Labute approximate surface area is 155 Å². The maximum atomic E-state index is 5.95. The van der Waals surface area contributed by atoms with Crippen molar-refractivity contribution in [1.82, 2.24) is 0 Å². The number of nitrogens with two attached hydrogens (primary N) is 2. The third-order valence-corrected chi connectivity index (χ3v) is 4.18. The Balaban J connectivity index is 2.00. The molecule has 3 aromatic rings. The van der Waals surface area contributed by atoms with Gasteiger partial charge in [0.2, 0.25) is 0 Å². The monoisotopic (exact) mass is 346 g/mol. The van der Waals surface area contributed by atoms with E-state index >= 15 is 0 Å². The van der Waals surface area contributed by atoms with Crippen molar-refractivity contribution >= 4 is 11.4 Å². The molecule has 0 atom stereocenters. The molecule has 0 saturated carbocycles. The summed E-state index contributed by atoms with van der Waals surface area (Å²) >= 11 is 0. The third kappa shape index (κ3) is 4.37. The number of anilines is 2. The van der Waals surface area contributed by atoms with Crippen molar-refractivity contribution < 1.29 is 4.74 Å². The summed E-state index contributed by atoms with van der Waals surface area (Å²) in [6.45, 7) is 6.14. The Morgan fingerprint density at radius 2 is 0.962 bits per heavy atom. The van der Waals surface area contributed by atoms with Gasteiger partial charge in [-0.1, -0.05) is 36.4 Å². The van der Waals surface area contributed by atoms with Crippen LogP contribution in [0.4, 0.5) is 11.4 Å². The molecule has 3 nitrogen and oxygen atoms in total. The highest BCUT2D eigenvalue weighted by molar-refractivity contribution is 5.50. The summed E-state index contributed by atoms with van der Waals surface area (Å²) in [5.74, 6) is 0.981. The van der Waals surface area contributed by atoms with Crippen LogP contribution in [0.5, 0.6) is 5.75 Å². The number of benzene rings is 3. The lowest BCUT2D eigenvalue weighted by atomic mass is 9.85. The van der Waals surface area contributed by atoms with E-state index < -0.39 is 0 Å². The standard InChI is InChI=1S/C23H26N2O/c1-23(2,3)26-21-14-8-18(9-15-21)22(16-4-10-19(24)11-5-16)17-6-12-20(25)13-7-17/h4-15,22H,24-25H2,1-3H3. The Morgan fingerprint density at radius 3 is 1.31 bits per heavy atom. The molecule has 0 aromatic heterocycles. The van der Waals surface area contributed by atoms with Gasteiger partial charge in [0.05, 0.1) is 0 Å². The van der Waals surface area contributed by atoms with Crippen molar-refractivity contribution in [3.8, 4) is 5.75 Å². The van der Waals surface area contributed by atoms with Gasteiger partial charge >= 0.3 is 0 Å². The minimum absolute atomic E-state index is 0.111. The minimum Gasteiger partial charge on any atom is -0.488 e. The van der Waals surface area contributed by atoms with Crippen molar-refractivity contribution in [2.45, 2.75) is 32.3 Å². The van der Waals surface area contributed by atoms with Crippen LogP contribution in [0, 0.1) is 0 Å². The zero-order valence-corrected chi connectivity index (χ0v) is 15.6. The SMILES string of the molecule is CC(C)(C)Oc1ccc(C(c2ccc(N)cc2)c2ccc(N)cc2)cc1. The van der Waals surface area contributed by atoms with Gasteiger partial charge in [0.15, 0.2) is 0 Å². The number of hydrogen-bond donors (Lipinski definition) is 2. The normalized spacial score (nSPS) is 11.5. The second kappa shape index (κ2) is 7.12. The molecule has 4 N–H and O–H groups in total. The Kier molecular flexibility index (Phi) is 4.90. The van der Waals surface area contributed by atoms with Crippen LogP contribution in [0.25, 0.3) is 0 Å². The molecule has 0 spiro atoms. The van der Waals surface area contributed by atoms with Crippen LogP contribution in [-0.2, 0) is 0 Å². The highest BCUT2D eigenvalue weighted by Gasteiger charge is 2.18. The molecule has 0 aliphatic heterocycles. The fourth-order valence-corrected chi connectivity index (χ4v) is 3.04. The Hall–Kier alpha value is -2.94. The van der Waals surface area contributed by atoms with E-state index in [0.29, 0.717) is 0 Å². The van der Waals surface area contributed by atoms with Crippen LogP contribution in [0.3, 0.4) is 0 Å². The summed E-state index contributed by atoms with van der Waals surface area (Å²) in [4.78, 5) is 0. The van der Waals surface area contributed by atoms with Crippen LogP contribution < -0.4 is 16.2 Å². The van der Waals surface area contributed by atoms with Crippen LogP contribution in [0.1, 0.15) is 43.4 Å². The highest BCUT2D eigenvalue weighted by Crippen LogP contribution is 2.34. The summed E-state index contributed by atoms with van der Waals surface area (Å²) in [5, 5.41) is 0. The zero-order chi connectivity index (χ0) is 18.7. The lowest BCUT2D eigenvalue weighted by molar-refractivity contribution is 0.131. The minimum atomic E-state index is -0.213. The molecule has 26 heavy (non-hydrogen) atoms. The van der Waals surface area contributed by atoms with Gasteiger partial charge < -0.3 is 16.2 Å². The molecule has 0 amide bonds. The Bertz CT molecular complexity index is 799. The first-order valence-corrected chi connectivity index (χ1v) is 8.82. The van der Waals surface area contributed by atoms with Gasteiger partial charge in [0, 0.05) is 17.3 Å². The molecule has 0 radical (unpaired) electrons. The summed E-state index contributed by atoms with van der Waals surface area (Å²) in [5.41, 5.74) is 16.6. The third-order valence-electron chi connectivity index (χ3n) is 4.18. The van der Waals surface area contributed by atoms with E-state index in [2.05, 4.69) is 36.4 Å². The van der Waals surface area contributed by atoms with E-state index in [-0.39, 0.29) is 11.5 Å². The Morgan fingerprint density at radius 1 is 0.615 bits per heavy atom. The molecule has 3 aromatic carbocycles. The first kappa shape index (κ1) is 17.9. The molecule has 134 valence electrons. The maximum absolute atomic E-state index is 5.95. The predicted octanol–water partition coefficient (Wildman–Crippen LogP) is 5.21. The lowest BCUT2D eigenvalue weighted by Crippen LogP contribution is -2.22. The van der Waals surface area contributed by atoms with E-state index in [9.17, 15) is 0 Å². The summed E-state index contributed by atoms with van der Waals surface area (Å²) in [7, 11) is 0. The number of rotatable bonds is 4. The van der Waals surface area contributed by atoms with Crippen molar-refractivity contribution in [3.63, 3.8) is 0 Å². The van der Waals surface area contributed by atoms with E-state index in [0.717, 1.165) is 17.1 Å². The predicted molar refractivity (Wildman–Crippen MR) is 109 cm³/mol. The van der Waals surface area contributed by atoms with E-state index in [1.807, 2.05) is 57.2 Å². The fourth-order valence-electron chi connectivity index (χ4n) is 3.04. The first-order chi connectivity index (χ1) is 12.3. The van der Waals surface area contributed by atoms with Crippen molar-refractivity contribution in [2.75, 3.05) is 11.5 Å². The second-order valence-corrected chi connectivity index (χ2v) is 7.55. The topological polar surface area (TPSA) is 61.3 Å². The molecule has 0 unspecified atom stereocenters. The molecule has 0 bridgehead atoms. The van der Waals surface area contributed by atoms with Crippen LogP contribution in [0.15, 0.2) is 72.8 Å². The van der Waals surface area contributed by atoms with Crippen LogP contribution >= 0.6 is 0 Å². The smallest absolute Gasteiger partial charge is 0.120 e. The highest BCUT2D eigenvalue weighted by atomic mass is 16.5. The molecule has 3 rings (SSSR count). The van der Waals surface area contributed by atoms with E-state index in [1.54, 1.807) is 0 Å². The van der Waals surface area contributed by atoms with Gasteiger partial charge in [0.1, 0.15) is 11.4 Å². The quantitative estimate of drug-likeness (QED) is 0.503. The molecule has 0 fully saturated rings. The average Bonchev–Trinajstić information content (AvgIpc) is 2.59. The van der Waals surface area contributed by atoms with Gasteiger partial charge in [-0.15, -0.1) is 0 Å². The molecule has 0 aliphatic carbocycles. The van der Waals surface area contributed by atoms with Crippen LogP contribution in [-0.4, -0.2) is 5.60 Å². The lowest BCUT2D eigenvalue weighted by Gasteiger charge is -2.23. The molecular formula is C23H26N2O. The first-order valence-electron chi connectivity index (χ1n) is 8.82. The maximum Gasteiger partial charge on any atom is 0.120 e. The zero-order valence-electron chi connectivity index (χ0n) is 15.6. The average molecular weight is 346 g/mol. The summed E-state index contributed by atoms with van der Waals surface area (Å²) in [6.07, 6.45) is 0. The van der Waals surface area contributed by atoms with E-state index in [1.165, 1.54) is 16.7 Å². The van der Waals surface area contributed by atoms with Crippen molar-refractivity contribution in [1.29, 1.82) is 0 Å². The van der Waals surface area contributed by atoms with Gasteiger partial charge in [-0.05, 0) is 73.9 Å². The number of nitrogen functional groups attached to an aromatic ring is 2. The van der Waals surface area contributed by atoms with Crippen molar-refractivity contribution in [2.24, 2.45) is 0 Å².